The fourth-order valence-corrected chi connectivity index (χ4v) is 8.36. The second-order valence-electron chi connectivity index (χ2n) is 13.1. The van der Waals surface area contributed by atoms with Gasteiger partial charge in [0, 0.05) is 81.8 Å². The highest BCUT2D eigenvalue weighted by molar-refractivity contribution is 6.23. The largest absolute Gasteiger partial charge is 0.507 e. The van der Waals surface area contributed by atoms with Gasteiger partial charge >= 0.3 is 0 Å². The topological polar surface area (TPSA) is 193 Å². The zero-order valence-electron chi connectivity index (χ0n) is 30.5. The third kappa shape index (κ3) is 5.55. The van der Waals surface area contributed by atoms with E-state index in [4.69, 9.17) is 52.1 Å². The first-order chi connectivity index (χ1) is 26.1. The van der Waals surface area contributed by atoms with Crippen molar-refractivity contribution in [1.29, 1.82) is 0 Å². The van der Waals surface area contributed by atoms with E-state index in [2.05, 4.69) is 0 Å². The summed E-state index contributed by atoms with van der Waals surface area (Å²) < 4.78 is 63.0. The number of phenolic OH excluding ortho intramolecular Hbond substituents is 1. The van der Waals surface area contributed by atoms with Crippen LogP contribution >= 0.6 is 0 Å². The molecule has 0 radical (unpaired) electrons. The molecule has 1 saturated carbocycles. The minimum atomic E-state index is -2.31. The number of hydrogen-bond acceptors (Lipinski definition) is 16. The van der Waals surface area contributed by atoms with Crippen molar-refractivity contribution in [2.24, 2.45) is 5.92 Å². The standard InChI is InChI=1S/C38H40O16/c1-44-13-50-23-9-17(48-5)7-19-27(23)34(41)29-21(39)11-25(52-15-46-3)30-31(29)36(19)54-38-32(22(40)12-26(33(30)38)53-16-47-4)35(42)28-20(37(38)43)8-18(49-6)10-24(28)51-14-45-2/h7-10,25-26,30,33,41-42H,11-16H2,1-6H3/t25-,26-,30+,33-,38-/m1/s1. The Morgan fingerprint density at radius 2 is 1.31 bits per heavy atom. The highest BCUT2D eigenvalue weighted by Gasteiger charge is 2.70. The van der Waals surface area contributed by atoms with E-state index in [1.54, 1.807) is 6.07 Å². The molecule has 3 aromatic carbocycles. The molecule has 0 bridgehead atoms. The predicted molar refractivity (Wildman–Crippen MR) is 186 cm³/mol. The average molecular weight is 753 g/mol. The number of benzene rings is 3. The summed E-state index contributed by atoms with van der Waals surface area (Å²) in [6.45, 7) is -1.01. The van der Waals surface area contributed by atoms with Crippen LogP contribution in [0, 0.1) is 5.92 Å². The number of ketones is 3. The lowest BCUT2D eigenvalue weighted by atomic mass is 9.54. The second kappa shape index (κ2) is 14.7. The first kappa shape index (κ1) is 37.3. The highest BCUT2D eigenvalue weighted by Crippen LogP contribution is 2.64. The van der Waals surface area contributed by atoms with E-state index in [1.807, 2.05) is 0 Å². The van der Waals surface area contributed by atoms with Gasteiger partial charge in [0.15, 0.2) is 25.2 Å². The molecule has 2 N–H and O–H groups in total. The van der Waals surface area contributed by atoms with E-state index in [0.29, 0.717) is 0 Å². The van der Waals surface area contributed by atoms with E-state index in [0.717, 1.165) is 0 Å². The molecule has 1 aliphatic heterocycles. The van der Waals surface area contributed by atoms with Gasteiger partial charge in [0.2, 0.25) is 11.4 Å². The molecule has 0 amide bonds. The number of fused-ring (bicyclic) bond motifs is 4. The molecular weight excluding hydrogens is 712 g/mol. The van der Waals surface area contributed by atoms with Gasteiger partial charge in [-0.2, -0.15) is 0 Å². The summed E-state index contributed by atoms with van der Waals surface area (Å²) in [6.07, 6.45) is -2.67. The molecule has 16 nitrogen and oxygen atoms in total. The van der Waals surface area contributed by atoms with Crippen LogP contribution in [0.5, 0.6) is 34.5 Å². The number of phenols is 1. The van der Waals surface area contributed by atoms with Crippen LogP contribution in [0.3, 0.4) is 0 Å². The Balaban J connectivity index is 1.62. The van der Waals surface area contributed by atoms with Crippen molar-refractivity contribution in [3.8, 4) is 34.5 Å². The number of carbonyl (C=O) groups is 3. The van der Waals surface area contributed by atoms with Crippen molar-refractivity contribution in [1.82, 2.24) is 0 Å². The van der Waals surface area contributed by atoms with Crippen LogP contribution in [0.4, 0.5) is 0 Å². The van der Waals surface area contributed by atoms with Crippen LogP contribution in [-0.2, 0) is 33.2 Å². The fourth-order valence-electron chi connectivity index (χ4n) is 8.36. The summed E-state index contributed by atoms with van der Waals surface area (Å²) in [5.74, 6) is -4.45. The summed E-state index contributed by atoms with van der Waals surface area (Å²) >= 11 is 0. The van der Waals surface area contributed by atoms with Crippen molar-refractivity contribution in [2.45, 2.75) is 36.6 Å². The number of ether oxygens (including phenoxy) is 11. The Morgan fingerprint density at radius 1 is 0.722 bits per heavy atom. The maximum Gasteiger partial charge on any atom is 0.212 e. The van der Waals surface area contributed by atoms with Crippen molar-refractivity contribution >= 4 is 33.9 Å². The number of Topliss-reactive ketones (excluding diaryl/α,β-unsaturated/α-hetero) is 3. The van der Waals surface area contributed by atoms with Crippen molar-refractivity contribution < 1.29 is 76.7 Å². The molecule has 0 aromatic heterocycles. The SMILES string of the molecule is COCOc1cc(OC)cc2c1C(O)=C1C(=O)C[C@@H](OCOC)[C@@H]3[C@@H]4c5c(c(O)c6c(OCOC)cc(OC)cc6c5O[C@]13C2=O)C(=O)C[C@H]4OCOC. The predicted octanol–water partition coefficient (Wildman–Crippen LogP) is 4.06. The molecule has 288 valence electrons. The van der Waals surface area contributed by atoms with E-state index in [-0.39, 0.29) is 107 Å². The average Bonchev–Trinajstić information content (AvgIpc) is 3.17. The Morgan fingerprint density at radius 3 is 1.96 bits per heavy atom. The number of aliphatic hydroxyl groups excluding tert-OH is 1. The molecule has 16 heteroatoms. The number of rotatable bonds is 14. The number of carbonyl (C=O) groups excluding carboxylic acids is 3. The summed E-state index contributed by atoms with van der Waals surface area (Å²) in [4.78, 5) is 44.2. The van der Waals surface area contributed by atoms with Gasteiger partial charge in [-0.05, 0) is 12.1 Å². The number of aromatic hydroxyl groups is 1. The molecule has 3 aliphatic carbocycles. The Hall–Kier alpha value is -4.97. The fraction of sp³-hybridized carbons (Fsp3) is 0.447. The molecule has 5 atom stereocenters. The first-order valence-electron chi connectivity index (χ1n) is 16.9. The normalized spacial score (nSPS) is 24.0. The van der Waals surface area contributed by atoms with Gasteiger partial charge in [-0.1, -0.05) is 0 Å². The Kier molecular flexibility index (Phi) is 10.2. The van der Waals surface area contributed by atoms with E-state index < -0.39 is 58.5 Å². The minimum Gasteiger partial charge on any atom is -0.507 e. The van der Waals surface area contributed by atoms with Crippen LogP contribution in [0.1, 0.15) is 50.6 Å². The van der Waals surface area contributed by atoms with E-state index in [9.17, 15) is 19.8 Å². The van der Waals surface area contributed by atoms with Gasteiger partial charge < -0.3 is 62.3 Å². The van der Waals surface area contributed by atoms with E-state index >= 15 is 4.79 Å². The minimum absolute atomic E-state index is 0.0182. The van der Waals surface area contributed by atoms with Gasteiger partial charge in [0.05, 0.1) is 48.5 Å². The number of hydrogen-bond donors (Lipinski definition) is 2. The van der Waals surface area contributed by atoms with Gasteiger partial charge in [-0.15, -0.1) is 0 Å². The third-order valence-corrected chi connectivity index (χ3v) is 10.3. The molecule has 54 heavy (non-hydrogen) atoms. The van der Waals surface area contributed by atoms with Crippen LogP contribution in [0.25, 0.3) is 16.5 Å². The smallest absolute Gasteiger partial charge is 0.212 e. The molecule has 0 unspecified atom stereocenters. The number of methoxy groups -OCH3 is 6. The lowest BCUT2D eigenvalue weighted by Gasteiger charge is -2.56. The molecule has 4 aliphatic rings. The van der Waals surface area contributed by atoms with Gasteiger partial charge in [-0.25, -0.2) is 0 Å². The van der Waals surface area contributed by atoms with Crippen LogP contribution < -0.4 is 23.7 Å². The Bertz CT molecular complexity index is 2050. The summed E-state index contributed by atoms with van der Waals surface area (Å²) in [7, 11) is 8.47. The second-order valence-corrected chi connectivity index (χ2v) is 13.1. The Labute approximate surface area is 309 Å². The van der Waals surface area contributed by atoms with Crippen molar-refractivity contribution in [3.05, 3.63) is 52.1 Å². The zero-order chi connectivity index (χ0) is 38.5. The quantitative estimate of drug-likeness (QED) is 0.224. The van der Waals surface area contributed by atoms with Crippen LogP contribution in [0.2, 0.25) is 0 Å². The van der Waals surface area contributed by atoms with Gasteiger partial charge in [-0.3, -0.25) is 14.4 Å². The van der Waals surface area contributed by atoms with Gasteiger partial charge in [0.1, 0.15) is 53.8 Å². The molecule has 0 saturated heterocycles. The maximum atomic E-state index is 15.6. The van der Waals surface area contributed by atoms with Gasteiger partial charge in [0.25, 0.3) is 0 Å². The lowest BCUT2D eigenvalue weighted by molar-refractivity contribution is -0.165. The maximum absolute atomic E-state index is 15.6. The molecule has 1 fully saturated rings. The number of aliphatic hydroxyl groups is 1. The molecule has 7 rings (SSSR count). The summed E-state index contributed by atoms with van der Waals surface area (Å²) in [5, 5.41) is 24.6. The summed E-state index contributed by atoms with van der Waals surface area (Å²) in [5.41, 5.74) is -2.66. The lowest BCUT2D eigenvalue weighted by Crippen LogP contribution is -2.68. The van der Waals surface area contributed by atoms with Crippen LogP contribution in [0.15, 0.2) is 29.8 Å². The summed E-state index contributed by atoms with van der Waals surface area (Å²) in [6, 6.07) is 5.94. The monoisotopic (exact) mass is 752 g/mol. The molecule has 1 heterocycles. The van der Waals surface area contributed by atoms with Crippen molar-refractivity contribution in [3.63, 3.8) is 0 Å². The van der Waals surface area contributed by atoms with Crippen molar-refractivity contribution in [2.75, 3.05) is 69.8 Å². The highest BCUT2D eigenvalue weighted by atomic mass is 16.7. The molecule has 3 aromatic rings. The third-order valence-electron chi connectivity index (χ3n) is 10.3. The zero-order valence-corrected chi connectivity index (χ0v) is 30.5. The molecule has 1 spiro atoms. The molecular formula is C38H40O16. The van der Waals surface area contributed by atoms with E-state index in [1.165, 1.54) is 60.9 Å². The first-order valence-corrected chi connectivity index (χ1v) is 16.9. The van der Waals surface area contributed by atoms with Crippen LogP contribution in [-0.4, -0.2) is 115 Å².